The fourth-order valence-electron chi connectivity index (χ4n) is 3.03. The zero-order valence-electron chi connectivity index (χ0n) is 13.8. The maximum absolute atomic E-state index is 12.8. The average molecular weight is 450 g/mol. The number of hydrogen-bond acceptors (Lipinski definition) is 5. The molecule has 1 amide bonds. The molecule has 2 aliphatic rings. The maximum Gasteiger partial charge on any atom is 0.241 e. The molecule has 0 radical (unpaired) electrons. The van der Waals surface area contributed by atoms with Crippen molar-refractivity contribution in [2.45, 2.75) is 18.1 Å². The summed E-state index contributed by atoms with van der Waals surface area (Å²) < 4.78 is 12.4. The van der Waals surface area contributed by atoms with Crippen LogP contribution in [0.4, 0.5) is 0 Å². The van der Waals surface area contributed by atoms with Crippen molar-refractivity contribution < 1.29 is 14.3 Å². The van der Waals surface area contributed by atoms with Gasteiger partial charge in [-0.2, -0.15) is 0 Å². The molecule has 2 aromatic carbocycles. The van der Waals surface area contributed by atoms with Crippen LogP contribution in [0, 0.1) is 0 Å². The number of thioether (sulfide) groups is 1. The fraction of sp³-hybridized carbons (Fsp3) is 0.263. The molecule has 0 saturated carbocycles. The molecule has 2 heterocycles. The molecule has 1 fully saturated rings. The lowest BCUT2D eigenvalue weighted by molar-refractivity contribution is -0.126. The van der Waals surface area contributed by atoms with Crippen LogP contribution >= 0.6 is 39.9 Å². The summed E-state index contributed by atoms with van der Waals surface area (Å²) in [6, 6.07) is 14.0. The summed E-state index contributed by atoms with van der Waals surface area (Å²) in [6.07, 6.45) is 1.40. The van der Waals surface area contributed by atoms with E-state index in [1.165, 1.54) is 17.3 Å². The smallest absolute Gasteiger partial charge is 0.241 e. The highest BCUT2D eigenvalue weighted by atomic mass is 79.9. The standard InChI is InChI=1S/C19H16BrNO3S2/c20-14-10-16-15(23-11-24-16)8-13(14)9-17-18(22)21(19(25)26-17)7-6-12-4-2-1-3-5-12/h1-5,8,10,17H,6-7,9,11H2/t17-/m0/s1. The molecular formula is C19H16BrNO3S2. The van der Waals surface area contributed by atoms with Crippen LogP contribution in [0.1, 0.15) is 11.1 Å². The van der Waals surface area contributed by atoms with E-state index in [2.05, 4.69) is 28.1 Å². The van der Waals surface area contributed by atoms with E-state index in [0.29, 0.717) is 17.3 Å². The van der Waals surface area contributed by atoms with E-state index >= 15 is 0 Å². The average Bonchev–Trinajstić information content (AvgIpc) is 3.19. The first-order chi connectivity index (χ1) is 12.6. The van der Waals surface area contributed by atoms with Crippen LogP contribution in [-0.2, 0) is 17.6 Å². The Morgan fingerprint density at radius 1 is 1.19 bits per heavy atom. The van der Waals surface area contributed by atoms with Crippen molar-refractivity contribution >= 4 is 50.1 Å². The number of ether oxygens (including phenoxy) is 2. The molecule has 2 aromatic rings. The van der Waals surface area contributed by atoms with E-state index in [4.69, 9.17) is 21.7 Å². The van der Waals surface area contributed by atoms with Gasteiger partial charge in [0, 0.05) is 11.0 Å². The minimum atomic E-state index is -0.199. The Morgan fingerprint density at radius 3 is 2.69 bits per heavy atom. The number of amides is 1. The topological polar surface area (TPSA) is 38.8 Å². The molecule has 0 spiro atoms. The Hall–Kier alpha value is -1.57. The van der Waals surface area contributed by atoms with Crippen LogP contribution in [0.3, 0.4) is 0 Å². The van der Waals surface area contributed by atoms with E-state index in [0.717, 1.165) is 28.0 Å². The van der Waals surface area contributed by atoms with E-state index < -0.39 is 0 Å². The lowest BCUT2D eigenvalue weighted by atomic mass is 10.1. The predicted molar refractivity (Wildman–Crippen MR) is 110 cm³/mol. The van der Waals surface area contributed by atoms with Crippen LogP contribution in [0.2, 0.25) is 0 Å². The normalized spacial score (nSPS) is 18.7. The Morgan fingerprint density at radius 2 is 1.92 bits per heavy atom. The van der Waals surface area contributed by atoms with Gasteiger partial charge in [-0.25, -0.2) is 0 Å². The molecule has 0 aromatic heterocycles. The second kappa shape index (κ2) is 7.58. The van der Waals surface area contributed by atoms with E-state index in [9.17, 15) is 4.79 Å². The van der Waals surface area contributed by atoms with Gasteiger partial charge < -0.3 is 9.47 Å². The third kappa shape index (κ3) is 3.61. The summed E-state index contributed by atoms with van der Waals surface area (Å²) in [5, 5.41) is -0.199. The minimum Gasteiger partial charge on any atom is -0.454 e. The van der Waals surface area contributed by atoms with Crippen LogP contribution in [0.15, 0.2) is 46.9 Å². The molecule has 0 bridgehead atoms. The zero-order chi connectivity index (χ0) is 18.1. The van der Waals surface area contributed by atoms with Gasteiger partial charge in [0.25, 0.3) is 0 Å². The molecule has 0 unspecified atom stereocenters. The van der Waals surface area contributed by atoms with Gasteiger partial charge in [0.15, 0.2) is 11.5 Å². The molecule has 2 aliphatic heterocycles. The number of rotatable bonds is 5. The Balaban J connectivity index is 1.44. The quantitative estimate of drug-likeness (QED) is 0.639. The number of carbonyl (C=O) groups is 1. The van der Waals surface area contributed by atoms with Crippen molar-refractivity contribution in [2.24, 2.45) is 0 Å². The Labute approximate surface area is 170 Å². The van der Waals surface area contributed by atoms with Gasteiger partial charge in [0.05, 0.1) is 5.25 Å². The molecule has 7 heteroatoms. The largest absolute Gasteiger partial charge is 0.454 e. The Bertz CT molecular complexity index is 859. The van der Waals surface area contributed by atoms with E-state index in [1.54, 1.807) is 4.90 Å². The van der Waals surface area contributed by atoms with Gasteiger partial charge in [0.2, 0.25) is 12.7 Å². The second-order valence-electron chi connectivity index (χ2n) is 6.10. The van der Waals surface area contributed by atoms with Crippen LogP contribution in [0.25, 0.3) is 0 Å². The van der Waals surface area contributed by atoms with Crippen molar-refractivity contribution in [1.82, 2.24) is 4.90 Å². The number of carbonyl (C=O) groups excluding carboxylic acids is 1. The Kier molecular flexibility index (Phi) is 5.20. The van der Waals surface area contributed by atoms with Gasteiger partial charge >= 0.3 is 0 Å². The summed E-state index contributed by atoms with van der Waals surface area (Å²) in [4.78, 5) is 14.6. The monoisotopic (exact) mass is 449 g/mol. The first-order valence-corrected chi connectivity index (χ1v) is 10.3. The fourth-order valence-corrected chi connectivity index (χ4v) is 5.09. The van der Waals surface area contributed by atoms with Crippen molar-refractivity contribution in [3.8, 4) is 11.5 Å². The predicted octanol–water partition coefficient (Wildman–Crippen LogP) is 4.19. The van der Waals surface area contributed by atoms with Crippen molar-refractivity contribution in [3.63, 3.8) is 0 Å². The molecule has 0 N–H and O–H groups in total. The van der Waals surface area contributed by atoms with Crippen molar-refractivity contribution in [2.75, 3.05) is 13.3 Å². The van der Waals surface area contributed by atoms with Gasteiger partial charge in [-0.3, -0.25) is 9.69 Å². The highest BCUT2D eigenvalue weighted by molar-refractivity contribution is 9.10. The van der Waals surface area contributed by atoms with Gasteiger partial charge in [-0.15, -0.1) is 0 Å². The van der Waals surface area contributed by atoms with Gasteiger partial charge in [-0.05, 0) is 36.1 Å². The van der Waals surface area contributed by atoms with Crippen molar-refractivity contribution in [1.29, 1.82) is 0 Å². The molecule has 134 valence electrons. The number of fused-ring (bicyclic) bond motifs is 1. The van der Waals surface area contributed by atoms with Crippen LogP contribution < -0.4 is 9.47 Å². The number of halogens is 1. The molecule has 1 atom stereocenters. The number of thiocarbonyl (C=S) groups is 1. The molecule has 0 aliphatic carbocycles. The molecule has 4 nitrogen and oxygen atoms in total. The van der Waals surface area contributed by atoms with Crippen LogP contribution in [-0.4, -0.2) is 33.7 Å². The first kappa shape index (κ1) is 17.8. The lowest BCUT2D eigenvalue weighted by Crippen LogP contribution is -2.33. The lowest BCUT2D eigenvalue weighted by Gasteiger charge is -2.16. The van der Waals surface area contributed by atoms with E-state index in [1.807, 2.05) is 30.3 Å². The first-order valence-electron chi connectivity index (χ1n) is 8.26. The molecule has 26 heavy (non-hydrogen) atoms. The van der Waals surface area contributed by atoms with Gasteiger partial charge in [0.1, 0.15) is 4.32 Å². The number of nitrogens with zero attached hydrogens (tertiary/aromatic N) is 1. The molecule has 1 saturated heterocycles. The van der Waals surface area contributed by atoms with Gasteiger partial charge in [-0.1, -0.05) is 70.2 Å². The number of benzene rings is 2. The molecule has 4 rings (SSSR count). The molecular weight excluding hydrogens is 434 g/mol. The highest BCUT2D eigenvalue weighted by Crippen LogP contribution is 2.39. The maximum atomic E-state index is 12.8. The number of hydrogen-bond donors (Lipinski definition) is 0. The van der Waals surface area contributed by atoms with Crippen LogP contribution in [0.5, 0.6) is 11.5 Å². The summed E-state index contributed by atoms with van der Waals surface area (Å²) >= 11 is 10.5. The highest BCUT2D eigenvalue weighted by Gasteiger charge is 2.37. The zero-order valence-corrected chi connectivity index (χ0v) is 17.0. The SMILES string of the molecule is O=C1[C@H](Cc2cc3c(cc2Br)OCO3)SC(=S)N1CCc1ccccc1. The van der Waals surface area contributed by atoms with E-state index in [-0.39, 0.29) is 18.0 Å². The minimum absolute atomic E-state index is 0.0838. The summed E-state index contributed by atoms with van der Waals surface area (Å²) in [5.74, 6) is 1.54. The third-order valence-corrected chi connectivity index (χ3v) is 6.74. The third-order valence-electron chi connectivity index (χ3n) is 4.42. The second-order valence-corrected chi connectivity index (χ2v) is 8.79. The summed E-state index contributed by atoms with van der Waals surface area (Å²) in [5.41, 5.74) is 2.22. The summed E-state index contributed by atoms with van der Waals surface area (Å²) in [6.45, 7) is 0.854. The summed E-state index contributed by atoms with van der Waals surface area (Å²) in [7, 11) is 0. The van der Waals surface area contributed by atoms with Crippen molar-refractivity contribution in [3.05, 3.63) is 58.1 Å².